The van der Waals surface area contributed by atoms with Crippen molar-refractivity contribution < 1.29 is 9.90 Å². The van der Waals surface area contributed by atoms with E-state index >= 15 is 0 Å². The highest BCUT2D eigenvalue weighted by Crippen LogP contribution is 2.01. The molecular formula is C11H23N3O2. The lowest BCUT2D eigenvalue weighted by Gasteiger charge is -2.34. The van der Waals surface area contributed by atoms with E-state index in [4.69, 9.17) is 5.11 Å². The molecule has 1 saturated heterocycles. The number of carbonyl (C=O) groups is 1. The van der Waals surface area contributed by atoms with Gasteiger partial charge in [-0.05, 0) is 13.3 Å². The first-order valence-electron chi connectivity index (χ1n) is 6.08. The van der Waals surface area contributed by atoms with Crippen LogP contribution >= 0.6 is 0 Å². The maximum absolute atomic E-state index is 11.4. The third kappa shape index (κ3) is 4.92. The molecule has 94 valence electrons. The van der Waals surface area contributed by atoms with Crippen LogP contribution in [0.15, 0.2) is 0 Å². The first-order chi connectivity index (χ1) is 7.76. The van der Waals surface area contributed by atoms with Gasteiger partial charge in [-0.25, -0.2) is 0 Å². The second-order valence-electron chi connectivity index (χ2n) is 4.15. The first-order valence-corrected chi connectivity index (χ1v) is 6.08. The number of rotatable bonds is 6. The molecule has 1 aliphatic rings. The summed E-state index contributed by atoms with van der Waals surface area (Å²) < 4.78 is 0. The van der Waals surface area contributed by atoms with Crippen molar-refractivity contribution in [2.24, 2.45) is 0 Å². The van der Waals surface area contributed by atoms with Gasteiger partial charge in [-0.1, -0.05) is 0 Å². The van der Waals surface area contributed by atoms with Crippen molar-refractivity contribution >= 4 is 5.91 Å². The van der Waals surface area contributed by atoms with E-state index in [1.165, 1.54) is 0 Å². The van der Waals surface area contributed by atoms with Crippen molar-refractivity contribution in [3.05, 3.63) is 0 Å². The third-order valence-corrected chi connectivity index (χ3v) is 2.84. The van der Waals surface area contributed by atoms with Gasteiger partial charge >= 0.3 is 0 Å². The number of aliphatic hydroxyl groups excluding tert-OH is 1. The second kappa shape index (κ2) is 7.60. The van der Waals surface area contributed by atoms with Crippen LogP contribution in [0.1, 0.15) is 13.3 Å². The molecule has 5 heteroatoms. The molecule has 16 heavy (non-hydrogen) atoms. The first kappa shape index (κ1) is 13.4. The van der Waals surface area contributed by atoms with Gasteiger partial charge in [-0.3, -0.25) is 9.69 Å². The predicted molar refractivity (Wildman–Crippen MR) is 63.3 cm³/mol. The number of likely N-dealkylation sites (N-methyl/N-ethyl adjacent to an activating group) is 1. The molecule has 2 N–H and O–H groups in total. The Labute approximate surface area is 97.4 Å². The van der Waals surface area contributed by atoms with Crippen LogP contribution in [0.25, 0.3) is 0 Å². The van der Waals surface area contributed by atoms with Crippen LogP contribution in [0.3, 0.4) is 0 Å². The molecule has 5 nitrogen and oxygen atoms in total. The monoisotopic (exact) mass is 229 g/mol. The summed E-state index contributed by atoms with van der Waals surface area (Å²) in [5.74, 6) is 0.117. The lowest BCUT2D eigenvalue weighted by molar-refractivity contribution is -0.122. The van der Waals surface area contributed by atoms with Crippen molar-refractivity contribution in [2.75, 3.05) is 52.4 Å². The molecule has 1 rings (SSSR count). The van der Waals surface area contributed by atoms with Crippen molar-refractivity contribution in [3.63, 3.8) is 0 Å². The predicted octanol–water partition coefficient (Wildman–Crippen LogP) is -0.877. The van der Waals surface area contributed by atoms with Crippen LogP contribution in [0.4, 0.5) is 0 Å². The Bertz CT molecular complexity index is 203. The van der Waals surface area contributed by atoms with E-state index in [0.29, 0.717) is 13.1 Å². The van der Waals surface area contributed by atoms with Gasteiger partial charge in [0.15, 0.2) is 0 Å². The number of carbonyl (C=O) groups excluding carboxylic acids is 1. The summed E-state index contributed by atoms with van der Waals surface area (Å²) in [5.41, 5.74) is 0. The Balaban J connectivity index is 2.14. The zero-order chi connectivity index (χ0) is 11.8. The lowest BCUT2D eigenvalue weighted by Crippen LogP contribution is -2.49. The molecule has 1 heterocycles. The van der Waals surface area contributed by atoms with Gasteiger partial charge in [0.25, 0.3) is 0 Å². The summed E-state index contributed by atoms with van der Waals surface area (Å²) >= 11 is 0. The molecule has 1 aliphatic heterocycles. The number of aliphatic hydroxyl groups is 1. The van der Waals surface area contributed by atoms with Crippen molar-refractivity contribution in [3.8, 4) is 0 Å². The Morgan fingerprint density at radius 1 is 1.25 bits per heavy atom. The molecule has 0 radical (unpaired) electrons. The molecule has 0 bridgehead atoms. The van der Waals surface area contributed by atoms with Crippen molar-refractivity contribution in [1.29, 1.82) is 0 Å². The number of hydrogen-bond acceptors (Lipinski definition) is 4. The average molecular weight is 229 g/mol. The highest BCUT2D eigenvalue weighted by atomic mass is 16.3. The smallest absolute Gasteiger partial charge is 0.234 e. The van der Waals surface area contributed by atoms with Crippen LogP contribution in [-0.4, -0.2) is 73.2 Å². The molecule has 0 aromatic carbocycles. The van der Waals surface area contributed by atoms with E-state index in [1.54, 1.807) is 0 Å². The molecule has 0 aromatic rings. The fraction of sp³-hybridized carbons (Fsp3) is 0.909. The summed E-state index contributed by atoms with van der Waals surface area (Å²) in [7, 11) is 0. The highest BCUT2D eigenvalue weighted by Gasteiger charge is 2.17. The van der Waals surface area contributed by atoms with Gasteiger partial charge in [0.1, 0.15) is 0 Å². The molecule has 0 atom stereocenters. The SMILES string of the molecule is CCNC(=O)CN1CCN(CCCO)CC1. The average Bonchev–Trinajstić information content (AvgIpc) is 2.28. The topological polar surface area (TPSA) is 55.8 Å². The largest absolute Gasteiger partial charge is 0.396 e. The Hall–Kier alpha value is -0.650. The maximum atomic E-state index is 11.4. The van der Waals surface area contributed by atoms with Crippen LogP contribution < -0.4 is 5.32 Å². The lowest BCUT2D eigenvalue weighted by atomic mass is 10.3. The quantitative estimate of drug-likeness (QED) is 0.621. The van der Waals surface area contributed by atoms with Crippen LogP contribution in [0.5, 0.6) is 0 Å². The molecule has 0 spiro atoms. The molecule has 0 aliphatic carbocycles. The summed E-state index contributed by atoms with van der Waals surface area (Å²) in [4.78, 5) is 15.9. The Morgan fingerprint density at radius 2 is 1.88 bits per heavy atom. The second-order valence-corrected chi connectivity index (χ2v) is 4.15. The number of nitrogens with zero attached hydrogens (tertiary/aromatic N) is 2. The minimum atomic E-state index is 0.117. The van der Waals surface area contributed by atoms with E-state index < -0.39 is 0 Å². The van der Waals surface area contributed by atoms with Gasteiger partial charge in [-0.15, -0.1) is 0 Å². The summed E-state index contributed by atoms with van der Waals surface area (Å²) in [6.07, 6.45) is 0.844. The van der Waals surface area contributed by atoms with Crippen molar-refractivity contribution in [2.45, 2.75) is 13.3 Å². The molecule has 1 fully saturated rings. The Kier molecular flexibility index (Phi) is 6.37. The summed E-state index contributed by atoms with van der Waals surface area (Å²) in [5, 5.41) is 11.5. The fourth-order valence-corrected chi connectivity index (χ4v) is 1.92. The van der Waals surface area contributed by atoms with Crippen LogP contribution in [0.2, 0.25) is 0 Å². The zero-order valence-electron chi connectivity index (χ0n) is 10.1. The Morgan fingerprint density at radius 3 is 2.44 bits per heavy atom. The molecule has 0 unspecified atom stereocenters. The third-order valence-electron chi connectivity index (χ3n) is 2.84. The van der Waals surface area contributed by atoms with E-state index in [9.17, 15) is 4.79 Å². The maximum Gasteiger partial charge on any atom is 0.234 e. The van der Waals surface area contributed by atoms with Crippen molar-refractivity contribution in [1.82, 2.24) is 15.1 Å². The van der Waals surface area contributed by atoms with Gasteiger partial charge < -0.3 is 15.3 Å². The van der Waals surface area contributed by atoms with E-state index in [0.717, 1.165) is 39.1 Å². The molecule has 0 aromatic heterocycles. The van der Waals surface area contributed by atoms with Crippen LogP contribution in [0, 0.1) is 0 Å². The normalized spacial score (nSPS) is 18.6. The van der Waals surface area contributed by atoms with Gasteiger partial charge in [0.2, 0.25) is 5.91 Å². The number of hydrogen-bond donors (Lipinski definition) is 2. The van der Waals surface area contributed by atoms with E-state index in [-0.39, 0.29) is 12.5 Å². The number of piperazine rings is 1. The van der Waals surface area contributed by atoms with Gasteiger partial charge in [0, 0.05) is 45.9 Å². The fourth-order valence-electron chi connectivity index (χ4n) is 1.92. The van der Waals surface area contributed by atoms with Gasteiger partial charge in [0.05, 0.1) is 6.54 Å². The minimum Gasteiger partial charge on any atom is -0.396 e. The summed E-state index contributed by atoms with van der Waals surface area (Å²) in [6, 6.07) is 0. The van der Waals surface area contributed by atoms with Crippen LogP contribution in [-0.2, 0) is 4.79 Å². The molecule has 0 saturated carbocycles. The highest BCUT2D eigenvalue weighted by molar-refractivity contribution is 5.77. The van der Waals surface area contributed by atoms with E-state index in [2.05, 4.69) is 15.1 Å². The standard InChI is InChI=1S/C11H23N3O2/c1-2-12-11(16)10-14-7-5-13(6-8-14)4-3-9-15/h15H,2-10H2,1H3,(H,12,16). The number of nitrogens with one attached hydrogen (secondary N) is 1. The van der Waals surface area contributed by atoms with E-state index in [1.807, 2.05) is 6.92 Å². The van der Waals surface area contributed by atoms with Gasteiger partial charge in [-0.2, -0.15) is 0 Å². The minimum absolute atomic E-state index is 0.117. The molecular weight excluding hydrogens is 206 g/mol. The summed E-state index contributed by atoms with van der Waals surface area (Å²) in [6.45, 7) is 8.27. The number of amides is 1. The molecule has 1 amide bonds. The zero-order valence-corrected chi connectivity index (χ0v) is 10.1.